The summed E-state index contributed by atoms with van der Waals surface area (Å²) in [5, 5.41) is 3.18. The number of likely N-dealkylation sites (tertiary alicyclic amines) is 2. The highest BCUT2D eigenvalue weighted by Crippen LogP contribution is 2.38. The second-order valence-corrected chi connectivity index (χ2v) is 31.2. The maximum Gasteiger partial charge on any atom is 0.409 e. The smallest absolute Gasteiger partial charge is 0.409 e. The summed E-state index contributed by atoms with van der Waals surface area (Å²) >= 11 is 5.74. The molecule has 0 aliphatic carbocycles. The Bertz CT molecular complexity index is 6080. The number of rotatable bonds is 15. The number of carbonyl (C=O) groups excluding carboxylic acids is 2. The first-order valence-electron chi connectivity index (χ1n) is 38.0. The van der Waals surface area contributed by atoms with Gasteiger partial charge in [-0.1, -0.05) is 146 Å². The number of aromatic nitrogens is 12. The molecule has 25 heteroatoms. The average Bonchev–Trinajstić information content (AvgIpc) is 1.61. The van der Waals surface area contributed by atoms with Crippen LogP contribution in [0, 0.1) is 17.8 Å². The van der Waals surface area contributed by atoms with Crippen molar-refractivity contribution in [2.45, 2.75) is 64.7 Å². The predicted octanol–water partition coefficient (Wildman–Crippen LogP) is 15.2. The van der Waals surface area contributed by atoms with Gasteiger partial charge in [-0.05, 0) is 99.6 Å². The van der Waals surface area contributed by atoms with E-state index in [-0.39, 0.29) is 17.9 Å². The van der Waals surface area contributed by atoms with Crippen LogP contribution in [-0.2, 0) is 38.8 Å². The number of nitrogen functional groups attached to an aromatic ring is 3. The van der Waals surface area contributed by atoms with Crippen molar-refractivity contribution in [3.8, 4) is 67.5 Å². The van der Waals surface area contributed by atoms with E-state index in [0.29, 0.717) is 68.0 Å². The topological polar surface area (TPSA) is 295 Å². The van der Waals surface area contributed by atoms with Gasteiger partial charge < -0.3 is 31.7 Å². The second-order valence-electron chi connectivity index (χ2n) is 28.9. The Kier molecular flexibility index (Phi) is 21.3. The van der Waals surface area contributed by atoms with E-state index in [1.54, 1.807) is 27.8 Å². The molecule has 2 amide bonds. The monoisotopic (exact) mass is 1530 g/mol. The lowest BCUT2D eigenvalue weighted by molar-refractivity contribution is -0.129. The number of hydrogen-bond donors (Lipinski definition) is 3. The molecule has 9 aromatic heterocycles. The first-order valence-corrected chi connectivity index (χ1v) is 40.4. The van der Waals surface area contributed by atoms with E-state index < -0.39 is 10.0 Å². The number of carbonyl (C=O) groups is 2. The van der Waals surface area contributed by atoms with Gasteiger partial charge in [0, 0.05) is 145 Å². The van der Waals surface area contributed by atoms with Crippen LogP contribution in [0.3, 0.4) is 0 Å². The molecule has 0 radical (unpaired) electrons. The third-order valence-corrected chi connectivity index (χ3v) is 23.3. The molecule has 3 fully saturated rings. The van der Waals surface area contributed by atoms with Gasteiger partial charge in [-0.3, -0.25) is 18.0 Å². The van der Waals surface area contributed by atoms with Crippen LogP contribution < -0.4 is 17.2 Å². The maximum absolute atomic E-state index is 12.1. The lowest BCUT2D eigenvalue weighted by Gasteiger charge is -2.31. The summed E-state index contributed by atoms with van der Waals surface area (Å²) in [5.41, 5.74) is 35.5. The third kappa shape index (κ3) is 15.8. The van der Waals surface area contributed by atoms with Crippen molar-refractivity contribution in [1.29, 1.82) is 0 Å². The molecule has 6 N–H and O–H groups in total. The van der Waals surface area contributed by atoms with Crippen molar-refractivity contribution < 1.29 is 22.7 Å². The van der Waals surface area contributed by atoms with Crippen LogP contribution in [0.5, 0.6) is 0 Å². The lowest BCUT2D eigenvalue weighted by Crippen LogP contribution is -2.39. The van der Waals surface area contributed by atoms with E-state index >= 15 is 0 Å². The number of halogens is 1. The molecule has 18 rings (SSSR count). The molecule has 6 aromatic carbocycles. The normalized spacial score (nSPS) is 14.7. The number of hydrogen-bond acceptors (Lipinski definition) is 17. The Labute approximate surface area is 653 Å². The SMILES string of the molecule is CCOC(=O)N1CCC(Cc2nc(-c3ccc4ccc(-c5ccccc5)nc4c3)c3c(N)nccn23)CC1.CS(=O)(=O)N1CCC(Cc2nc(-c3ccc4ccc(-c5ccccc5)nc4c3)c3c(N)nccn23)CC1.Nc1nccn2c(CC3CCN(C(=O)CCl)CC3)nc(-c3ccc4ccc(-c5ccccc5)nc4c3)c12. The van der Waals surface area contributed by atoms with Crippen molar-refractivity contribution >= 4 is 100 Å². The number of imidazole rings is 3. The number of benzene rings is 6. The first kappa shape index (κ1) is 73.9. The number of ether oxygens (including phenoxy) is 1. The molecule has 112 heavy (non-hydrogen) atoms. The minimum absolute atomic E-state index is 0.00727. The predicted molar refractivity (Wildman–Crippen MR) is 442 cm³/mol. The van der Waals surface area contributed by atoms with Crippen LogP contribution >= 0.6 is 11.6 Å². The summed E-state index contributed by atoms with van der Waals surface area (Å²) < 4.78 is 36.7. The van der Waals surface area contributed by atoms with Crippen molar-refractivity contribution in [2.75, 3.05) is 75.2 Å². The maximum atomic E-state index is 12.1. The summed E-state index contributed by atoms with van der Waals surface area (Å²) in [6.45, 7) is 6.18. The zero-order valence-corrected chi connectivity index (χ0v) is 63.9. The van der Waals surface area contributed by atoms with E-state index in [1.807, 2.05) is 95.5 Å². The van der Waals surface area contributed by atoms with Gasteiger partial charge in [0.25, 0.3) is 0 Å². The molecule has 0 spiro atoms. The van der Waals surface area contributed by atoms with E-state index in [2.05, 4.69) is 145 Å². The fourth-order valence-electron chi connectivity index (χ4n) is 15.7. The van der Waals surface area contributed by atoms with Crippen molar-refractivity contribution in [2.24, 2.45) is 17.8 Å². The van der Waals surface area contributed by atoms with Gasteiger partial charge in [0.05, 0.1) is 46.5 Å². The van der Waals surface area contributed by atoms with E-state index in [0.717, 1.165) is 205 Å². The van der Waals surface area contributed by atoms with E-state index in [9.17, 15) is 18.0 Å². The summed E-state index contributed by atoms with van der Waals surface area (Å²) in [6.07, 6.45) is 19.6. The average molecular weight is 1530 g/mol. The van der Waals surface area contributed by atoms with Crippen molar-refractivity contribution in [1.82, 2.24) is 72.2 Å². The molecule has 12 heterocycles. The van der Waals surface area contributed by atoms with Crippen LogP contribution in [-0.4, -0.2) is 151 Å². The number of nitrogens with two attached hydrogens (primary N) is 3. The Morgan fingerprint density at radius 1 is 0.429 bits per heavy atom. The molecule has 3 aliphatic rings. The van der Waals surface area contributed by atoms with Crippen LogP contribution in [0.4, 0.5) is 22.2 Å². The zero-order chi connectivity index (χ0) is 77.0. The highest BCUT2D eigenvalue weighted by molar-refractivity contribution is 7.88. The van der Waals surface area contributed by atoms with Gasteiger partial charge in [-0.25, -0.2) is 62.4 Å². The molecule has 23 nitrogen and oxygen atoms in total. The van der Waals surface area contributed by atoms with Gasteiger partial charge in [0.15, 0.2) is 0 Å². The minimum Gasteiger partial charge on any atom is -0.450 e. The lowest BCUT2D eigenvalue weighted by atomic mass is 9.93. The van der Waals surface area contributed by atoms with Gasteiger partial charge in [0.2, 0.25) is 15.9 Å². The fraction of sp³-hybridized carbons (Fsp3) is 0.253. The van der Waals surface area contributed by atoms with Crippen molar-refractivity contribution in [3.05, 3.63) is 237 Å². The van der Waals surface area contributed by atoms with Crippen molar-refractivity contribution in [3.63, 3.8) is 0 Å². The van der Waals surface area contributed by atoms with Gasteiger partial charge in [0.1, 0.15) is 74.4 Å². The number of anilines is 3. The third-order valence-electron chi connectivity index (χ3n) is 21.8. The van der Waals surface area contributed by atoms with Crippen LogP contribution in [0.1, 0.15) is 62.9 Å². The highest BCUT2D eigenvalue weighted by Gasteiger charge is 2.30. The van der Waals surface area contributed by atoms with Crippen LogP contribution in [0.25, 0.3) is 117 Å². The Balaban J connectivity index is 0.000000127. The zero-order valence-electron chi connectivity index (χ0n) is 62.3. The van der Waals surface area contributed by atoms with Gasteiger partial charge in [-0.15, -0.1) is 11.6 Å². The van der Waals surface area contributed by atoms with Crippen LogP contribution in [0.2, 0.25) is 0 Å². The standard InChI is InChI=1S/C30H30N6O2.C29H27ClN6O.C28H28N6O2S/c1-2-38-30(37)35-15-12-20(13-16-35)18-26-34-27(28-29(31)32-14-17-36(26)28)23-9-8-22-10-11-24(33-25(22)19-23)21-6-4-3-5-7-21;30-18-26(37)35-13-10-19(11-14-35)16-25-34-27(28-29(31)32-12-15-36(25)28)22-7-6-21-8-9-23(33-24(21)17-22)20-4-2-1-3-5-20;1-37(35,36)33-14-11-19(12-15-33)17-25-32-26(27-28(29)30-13-16-34(25)27)22-8-7-21-9-10-23(31-24(21)18-22)20-5-3-2-4-6-20/h3-11,14,17,19-20H,2,12-13,15-16,18H2,1H3,(H2,31,32);1-9,12,15,17,19H,10-11,13-14,16,18H2,(H2,31,32);2-10,13,16,18-19H,11-12,14-15,17H2,1H3,(H2,29,30). The Morgan fingerprint density at radius 3 is 1.07 bits per heavy atom. The number of piperidine rings is 3. The summed E-state index contributed by atoms with van der Waals surface area (Å²) in [7, 11) is -3.15. The van der Waals surface area contributed by atoms with E-state index in [1.165, 1.54) is 6.26 Å². The second kappa shape index (κ2) is 32.4. The highest BCUT2D eigenvalue weighted by atomic mass is 35.5. The minimum atomic E-state index is -3.15. The quantitative estimate of drug-likeness (QED) is 0.0804. The molecule has 3 saturated heterocycles. The fourth-order valence-corrected chi connectivity index (χ4v) is 16.8. The molecular formula is C87H85ClN18O5S. The molecular weight excluding hydrogens is 1440 g/mol. The molecule has 15 aromatic rings. The van der Waals surface area contributed by atoms with Gasteiger partial charge >= 0.3 is 6.09 Å². The summed E-state index contributed by atoms with van der Waals surface area (Å²) in [4.78, 5) is 70.8. The molecule has 0 unspecified atom stereocenters. The molecule has 0 atom stereocenters. The number of fused-ring (bicyclic) bond motifs is 6. The Morgan fingerprint density at radius 2 is 0.750 bits per heavy atom. The van der Waals surface area contributed by atoms with Crippen LogP contribution in [0.15, 0.2) is 219 Å². The van der Waals surface area contributed by atoms with Gasteiger partial charge in [-0.2, -0.15) is 0 Å². The molecule has 0 bridgehead atoms. The number of pyridine rings is 3. The summed E-state index contributed by atoms with van der Waals surface area (Å²) in [5.74, 6) is 5.37. The number of amides is 2. The van der Waals surface area contributed by atoms with E-state index in [4.69, 9.17) is 63.4 Å². The summed E-state index contributed by atoms with van der Waals surface area (Å²) in [6, 6.07) is 61.5. The first-order chi connectivity index (χ1) is 54.6. The number of alkyl halides is 1. The Hall–Kier alpha value is -12.3. The molecule has 3 aliphatic heterocycles. The largest absolute Gasteiger partial charge is 0.450 e. The number of nitrogens with zero attached hydrogens (tertiary/aromatic N) is 15. The molecule has 0 saturated carbocycles. The number of sulfonamides is 1. The molecule has 566 valence electrons.